The molecule has 0 heterocycles. The van der Waals surface area contributed by atoms with E-state index in [1.54, 1.807) is 0 Å². The predicted octanol–water partition coefficient (Wildman–Crippen LogP) is 5.10. The van der Waals surface area contributed by atoms with Gasteiger partial charge in [-0.25, -0.2) is 4.79 Å². The van der Waals surface area contributed by atoms with Crippen LogP contribution in [0.15, 0.2) is 12.2 Å². The number of rotatable bonds is 6. The molecule has 31 heavy (non-hydrogen) atoms. The van der Waals surface area contributed by atoms with Crippen molar-refractivity contribution in [1.82, 2.24) is 0 Å². The van der Waals surface area contributed by atoms with Gasteiger partial charge in [0.2, 0.25) is 0 Å². The quantitative estimate of drug-likeness (QED) is 0.342. The molecule has 0 saturated heterocycles. The van der Waals surface area contributed by atoms with E-state index in [0.29, 0.717) is 25.7 Å². The Labute approximate surface area is 177 Å². The summed E-state index contributed by atoms with van der Waals surface area (Å²) in [6.45, 7) is 6.06. The lowest BCUT2D eigenvalue weighted by molar-refractivity contribution is -0.386. The molecule has 4 rings (SSSR count). The maximum absolute atomic E-state index is 13.1. The van der Waals surface area contributed by atoms with Crippen LogP contribution in [0.4, 0.5) is 26.3 Å². The molecule has 0 aliphatic heterocycles. The highest BCUT2D eigenvalue weighted by atomic mass is 19.4. The summed E-state index contributed by atoms with van der Waals surface area (Å²) in [7, 11) is 0. The Bertz CT molecular complexity index is 726. The van der Waals surface area contributed by atoms with Gasteiger partial charge in [0.05, 0.1) is 12.2 Å². The molecule has 0 spiro atoms. The average molecular weight is 458 g/mol. The van der Waals surface area contributed by atoms with E-state index in [2.05, 4.69) is 6.58 Å². The van der Waals surface area contributed by atoms with Gasteiger partial charge in [0.15, 0.2) is 0 Å². The van der Waals surface area contributed by atoms with Crippen molar-refractivity contribution in [3.05, 3.63) is 12.2 Å². The van der Waals surface area contributed by atoms with E-state index in [0.717, 1.165) is 6.42 Å². The zero-order valence-electron chi connectivity index (χ0n) is 17.8. The first-order chi connectivity index (χ1) is 13.9. The van der Waals surface area contributed by atoms with Gasteiger partial charge in [-0.05, 0) is 71.1 Å². The molecule has 10 heteroatoms. The minimum Gasteiger partial charge on any atom is -0.456 e. The summed E-state index contributed by atoms with van der Waals surface area (Å²) >= 11 is 0. The molecule has 4 aliphatic rings. The SMILES string of the molecule is C=C(C)C(=O)OC12CC3CC(C1)CC(C(C)(C)OCC(O)(C(F)(F)F)C(F)(F)F)(C3)C2. The molecule has 4 aliphatic carbocycles. The number of alkyl halides is 6. The van der Waals surface area contributed by atoms with Crippen LogP contribution in [-0.2, 0) is 14.3 Å². The first-order valence-electron chi connectivity index (χ1n) is 10.2. The standard InChI is InChI=1S/C21H28F6O4/c1-12(2)15(28)31-18-8-13-5-14(9-18)7-17(6-13,10-18)16(3,4)30-11-19(29,20(22,23)24)21(25,26)27/h13-14,29H,1,5-11H2,2-4H3. The third kappa shape index (κ3) is 3.98. The molecule has 1 N–H and O–H groups in total. The number of halogens is 6. The molecule has 0 aromatic rings. The van der Waals surface area contributed by atoms with Gasteiger partial charge in [-0.2, -0.15) is 26.3 Å². The summed E-state index contributed by atoms with van der Waals surface area (Å²) in [5, 5.41) is 9.51. The fourth-order valence-corrected chi connectivity index (χ4v) is 6.05. The van der Waals surface area contributed by atoms with Crippen LogP contribution in [0.1, 0.15) is 59.3 Å². The van der Waals surface area contributed by atoms with Gasteiger partial charge in [-0.15, -0.1) is 0 Å². The second kappa shape index (κ2) is 7.10. The van der Waals surface area contributed by atoms with Gasteiger partial charge in [0.25, 0.3) is 5.60 Å². The lowest BCUT2D eigenvalue weighted by Gasteiger charge is -2.65. The van der Waals surface area contributed by atoms with Crippen LogP contribution < -0.4 is 0 Å². The molecule has 4 fully saturated rings. The van der Waals surface area contributed by atoms with Crippen molar-refractivity contribution in [2.75, 3.05) is 6.61 Å². The van der Waals surface area contributed by atoms with Crippen LogP contribution in [0.2, 0.25) is 0 Å². The molecule has 4 bridgehead atoms. The second-order valence-corrected chi connectivity index (χ2v) is 10.2. The Hall–Kier alpha value is -1.29. The van der Waals surface area contributed by atoms with Crippen molar-refractivity contribution in [2.45, 2.75) is 88.5 Å². The lowest BCUT2D eigenvalue weighted by atomic mass is 9.44. The van der Waals surface area contributed by atoms with Gasteiger partial charge < -0.3 is 14.6 Å². The van der Waals surface area contributed by atoms with Crippen LogP contribution in [0.25, 0.3) is 0 Å². The predicted molar refractivity (Wildman–Crippen MR) is 97.8 cm³/mol. The molecular weight excluding hydrogens is 430 g/mol. The Morgan fingerprint density at radius 1 is 1.03 bits per heavy atom. The smallest absolute Gasteiger partial charge is 0.428 e. The minimum absolute atomic E-state index is 0.131. The maximum Gasteiger partial charge on any atom is 0.428 e. The molecular formula is C21H28F6O4. The van der Waals surface area contributed by atoms with Gasteiger partial charge >= 0.3 is 18.3 Å². The van der Waals surface area contributed by atoms with E-state index in [4.69, 9.17) is 9.47 Å². The highest BCUT2D eigenvalue weighted by molar-refractivity contribution is 5.87. The Balaban J connectivity index is 1.87. The topological polar surface area (TPSA) is 55.8 Å². The number of hydrogen-bond donors (Lipinski definition) is 1. The maximum atomic E-state index is 13.1. The van der Waals surface area contributed by atoms with E-state index in [1.807, 2.05) is 0 Å². The summed E-state index contributed by atoms with van der Waals surface area (Å²) < 4.78 is 89.7. The molecule has 0 radical (unpaired) electrons. The van der Waals surface area contributed by atoms with Crippen molar-refractivity contribution in [2.24, 2.45) is 17.3 Å². The monoisotopic (exact) mass is 458 g/mol. The van der Waals surface area contributed by atoms with Crippen molar-refractivity contribution >= 4 is 5.97 Å². The molecule has 4 nitrogen and oxygen atoms in total. The molecule has 178 valence electrons. The van der Waals surface area contributed by atoms with Crippen LogP contribution in [-0.4, -0.2) is 46.8 Å². The normalized spacial score (nSPS) is 33.5. The first kappa shape index (κ1) is 24.4. The molecule has 2 atom stereocenters. The van der Waals surface area contributed by atoms with E-state index >= 15 is 0 Å². The van der Waals surface area contributed by atoms with Gasteiger partial charge in [0, 0.05) is 11.0 Å². The van der Waals surface area contributed by atoms with Crippen LogP contribution in [0.5, 0.6) is 0 Å². The highest BCUT2D eigenvalue weighted by Crippen LogP contribution is 2.66. The Morgan fingerprint density at radius 2 is 1.52 bits per heavy atom. The molecule has 0 aromatic carbocycles. The summed E-state index contributed by atoms with van der Waals surface area (Å²) in [4.78, 5) is 12.2. The number of ether oxygens (including phenoxy) is 2. The largest absolute Gasteiger partial charge is 0.456 e. The van der Waals surface area contributed by atoms with Crippen molar-refractivity contribution < 1.29 is 45.7 Å². The third-order valence-corrected chi connectivity index (χ3v) is 7.52. The number of carbonyl (C=O) groups is 1. The van der Waals surface area contributed by atoms with E-state index < -0.39 is 47.1 Å². The van der Waals surface area contributed by atoms with Crippen molar-refractivity contribution in [1.29, 1.82) is 0 Å². The average Bonchev–Trinajstić information content (AvgIpc) is 2.55. The zero-order valence-corrected chi connectivity index (χ0v) is 17.8. The summed E-state index contributed by atoms with van der Waals surface area (Å²) in [6.07, 6.45) is -8.40. The number of aliphatic hydroxyl groups is 1. The number of esters is 1. The van der Waals surface area contributed by atoms with E-state index in [9.17, 15) is 36.2 Å². The van der Waals surface area contributed by atoms with Gasteiger partial charge in [-0.1, -0.05) is 6.58 Å². The lowest BCUT2D eigenvalue weighted by Crippen LogP contribution is -2.66. The van der Waals surface area contributed by atoms with Gasteiger partial charge in [-0.3, -0.25) is 0 Å². The summed E-state index contributed by atoms with van der Waals surface area (Å²) in [5.41, 5.74) is -7.77. The Morgan fingerprint density at radius 3 is 1.94 bits per heavy atom. The zero-order chi connectivity index (χ0) is 23.7. The van der Waals surface area contributed by atoms with Crippen LogP contribution in [0.3, 0.4) is 0 Å². The van der Waals surface area contributed by atoms with E-state index in [-0.39, 0.29) is 23.8 Å². The fraction of sp³-hybridized carbons (Fsp3) is 0.857. The molecule has 4 saturated carbocycles. The molecule has 0 amide bonds. The van der Waals surface area contributed by atoms with Crippen LogP contribution >= 0.6 is 0 Å². The number of carbonyl (C=O) groups excluding carboxylic acids is 1. The van der Waals surface area contributed by atoms with Crippen molar-refractivity contribution in [3.63, 3.8) is 0 Å². The van der Waals surface area contributed by atoms with Gasteiger partial charge in [0.1, 0.15) is 5.60 Å². The first-order valence-corrected chi connectivity index (χ1v) is 10.2. The molecule has 0 aromatic heterocycles. The van der Waals surface area contributed by atoms with Crippen molar-refractivity contribution in [3.8, 4) is 0 Å². The summed E-state index contributed by atoms with van der Waals surface area (Å²) in [6, 6.07) is 0. The number of hydrogen-bond acceptors (Lipinski definition) is 4. The second-order valence-electron chi connectivity index (χ2n) is 10.2. The summed E-state index contributed by atoms with van der Waals surface area (Å²) in [5.74, 6) is -0.295. The highest BCUT2D eigenvalue weighted by Gasteiger charge is 2.72. The van der Waals surface area contributed by atoms with E-state index in [1.165, 1.54) is 20.8 Å². The van der Waals surface area contributed by atoms with Crippen LogP contribution in [0, 0.1) is 17.3 Å². The minimum atomic E-state index is -5.94. The molecule has 2 unspecified atom stereocenters. The third-order valence-electron chi connectivity index (χ3n) is 7.52. The Kier molecular flexibility index (Phi) is 5.58. The fourth-order valence-electron chi connectivity index (χ4n) is 6.05.